The minimum Gasteiger partial charge on any atom is -0.462 e. The molecule has 5 heteroatoms. The summed E-state index contributed by atoms with van der Waals surface area (Å²) in [6.07, 6.45) is 0.262. The summed E-state index contributed by atoms with van der Waals surface area (Å²) in [6, 6.07) is 16.0. The number of carbonyl (C=O) groups is 2. The van der Waals surface area contributed by atoms with Gasteiger partial charge < -0.3 is 9.47 Å². The van der Waals surface area contributed by atoms with Gasteiger partial charge in [0.25, 0.3) is 0 Å². The Morgan fingerprint density at radius 2 is 1.37 bits per heavy atom. The summed E-state index contributed by atoms with van der Waals surface area (Å²) in [6.45, 7) is 7.43. The van der Waals surface area contributed by atoms with Crippen molar-refractivity contribution < 1.29 is 19.1 Å². The summed E-state index contributed by atoms with van der Waals surface area (Å²) >= 11 is 0. The smallest absolute Gasteiger partial charge is 0.411 e. The van der Waals surface area contributed by atoms with E-state index in [1.165, 1.54) is 11.1 Å². The van der Waals surface area contributed by atoms with Gasteiger partial charge in [-0.3, -0.25) is 10.1 Å². The topological polar surface area (TPSA) is 64.6 Å². The van der Waals surface area contributed by atoms with Crippen molar-refractivity contribution >= 4 is 17.7 Å². The Labute approximate surface area is 160 Å². The van der Waals surface area contributed by atoms with Gasteiger partial charge in [-0.05, 0) is 57.4 Å². The number of hydrogen-bond acceptors (Lipinski definition) is 4. The number of aryl methyl sites for hydroxylation is 1. The highest BCUT2D eigenvalue weighted by Gasteiger charge is 2.22. The fourth-order valence-electron chi connectivity index (χ4n) is 2.29. The summed E-state index contributed by atoms with van der Waals surface area (Å²) in [5.74, 6) is -0.323. The van der Waals surface area contributed by atoms with Gasteiger partial charge in [-0.15, -0.1) is 0 Å². The van der Waals surface area contributed by atoms with E-state index >= 15 is 0 Å². The molecule has 2 aromatic rings. The van der Waals surface area contributed by atoms with E-state index in [4.69, 9.17) is 9.47 Å². The lowest BCUT2D eigenvalue weighted by molar-refractivity contribution is -0.153. The normalized spacial score (nSPS) is 11.0. The first-order valence-corrected chi connectivity index (χ1v) is 8.99. The van der Waals surface area contributed by atoms with Gasteiger partial charge in [-0.2, -0.15) is 0 Å². The molecule has 0 aliphatic carbocycles. The molecule has 0 aliphatic rings. The summed E-state index contributed by atoms with van der Waals surface area (Å²) in [5.41, 5.74) is 3.73. The zero-order valence-electron chi connectivity index (χ0n) is 16.4. The van der Waals surface area contributed by atoms with Crippen molar-refractivity contribution in [1.82, 2.24) is 0 Å². The maximum absolute atomic E-state index is 11.8. The van der Waals surface area contributed by atoms with Gasteiger partial charge in [0.15, 0.2) is 0 Å². The molecule has 0 fully saturated rings. The van der Waals surface area contributed by atoms with E-state index in [0.29, 0.717) is 5.69 Å². The van der Waals surface area contributed by atoms with Crippen LogP contribution in [0.4, 0.5) is 10.5 Å². The van der Waals surface area contributed by atoms with Gasteiger partial charge in [-0.1, -0.05) is 42.0 Å². The van der Waals surface area contributed by atoms with Crippen LogP contribution in [-0.2, 0) is 20.7 Å². The molecule has 0 heterocycles. The van der Waals surface area contributed by atoms with Crippen LogP contribution in [-0.4, -0.2) is 25.3 Å². The van der Waals surface area contributed by atoms with E-state index in [-0.39, 0.29) is 19.2 Å². The fourth-order valence-corrected chi connectivity index (χ4v) is 2.29. The number of benzene rings is 2. The van der Waals surface area contributed by atoms with Crippen LogP contribution in [0.15, 0.2) is 48.5 Å². The standard InChI is InChI=1S/C22H27NO4/c1-16-5-7-17(8-6-16)15-18-9-11-19(12-10-18)23-21(25)27-14-13-26-20(24)22(2,3)4/h5-12H,13-15H2,1-4H3,(H,23,25). The molecule has 0 radical (unpaired) electrons. The molecule has 0 bridgehead atoms. The van der Waals surface area contributed by atoms with E-state index in [0.717, 1.165) is 12.0 Å². The number of rotatable bonds is 6. The minimum absolute atomic E-state index is 0.0131. The SMILES string of the molecule is Cc1ccc(Cc2ccc(NC(=O)OCCOC(=O)C(C)(C)C)cc2)cc1. The molecule has 1 N–H and O–H groups in total. The number of ether oxygens (including phenoxy) is 2. The molecule has 1 amide bonds. The molecule has 0 saturated heterocycles. The third-order valence-electron chi connectivity index (χ3n) is 3.89. The molecule has 144 valence electrons. The average Bonchev–Trinajstić information content (AvgIpc) is 2.61. The Hall–Kier alpha value is -2.82. The van der Waals surface area contributed by atoms with Gasteiger partial charge in [-0.25, -0.2) is 4.79 Å². The van der Waals surface area contributed by atoms with Crippen LogP contribution in [0.1, 0.15) is 37.5 Å². The molecule has 27 heavy (non-hydrogen) atoms. The Balaban J connectivity index is 1.74. The summed E-state index contributed by atoms with van der Waals surface area (Å²) in [5, 5.41) is 2.66. The fraction of sp³-hybridized carbons (Fsp3) is 0.364. The molecular formula is C22H27NO4. The second kappa shape index (κ2) is 9.21. The molecule has 0 aliphatic heterocycles. The third-order valence-corrected chi connectivity index (χ3v) is 3.89. The second-order valence-corrected chi connectivity index (χ2v) is 7.51. The lowest BCUT2D eigenvalue weighted by Gasteiger charge is -2.16. The number of amides is 1. The monoisotopic (exact) mass is 369 g/mol. The van der Waals surface area contributed by atoms with Crippen LogP contribution < -0.4 is 5.32 Å². The molecule has 0 saturated carbocycles. The third kappa shape index (κ3) is 7.13. The number of hydrogen-bond donors (Lipinski definition) is 1. The second-order valence-electron chi connectivity index (χ2n) is 7.51. The van der Waals surface area contributed by atoms with Gasteiger partial charge in [0.1, 0.15) is 13.2 Å². The number of carbonyl (C=O) groups excluding carboxylic acids is 2. The average molecular weight is 369 g/mol. The van der Waals surface area contributed by atoms with E-state index in [1.54, 1.807) is 20.8 Å². The number of nitrogens with one attached hydrogen (secondary N) is 1. The van der Waals surface area contributed by atoms with E-state index in [1.807, 2.05) is 24.3 Å². The molecule has 0 aromatic heterocycles. The summed E-state index contributed by atoms with van der Waals surface area (Å²) in [4.78, 5) is 23.4. The summed E-state index contributed by atoms with van der Waals surface area (Å²) in [7, 11) is 0. The quantitative estimate of drug-likeness (QED) is 0.591. The van der Waals surface area contributed by atoms with Crippen LogP contribution in [0.3, 0.4) is 0 Å². The van der Waals surface area contributed by atoms with Crippen LogP contribution in [0.2, 0.25) is 0 Å². The van der Waals surface area contributed by atoms with E-state index in [9.17, 15) is 9.59 Å². The molecule has 2 rings (SSSR count). The molecule has 0 unspecified atom stereocenters. The Morgan fingerprint density at radius 1 is 0.852 bits per heavy atom. The van der Waals surface area contributed by atoms with E-state index in [2.05, 4.69) is 36.5 Å². The largest absolute Gasteiger partial charge is 0.462 e. The lowest BCUT2D eigenvalue weighted by atomic mass is 9.97. The highest BCUT2D eigenvalue weighted by molar-refractivity contribution is 5.84. The molecular weight excluding hydrogens is 342 g/mol. The Bertz CT molecular complexity index is 758. The van der Waals surface area contributed by atoms with Gasteiger partial charge in [0, 0.05) is 5.69 Å². The predicted molar refractivity (Wildman–Crippen MR) is 106 cm³/mol. The van der Waals surface area contributed by atoms with Gasteiger partial charge >= 0.3 is 12.1 Å². The van der Waals surface area contributed by atoms with Crippen molar-refractivity contribution in [3.63, 3.8) is 0 Å². The van der Waals surface area contributed by atoms with Crippen LogP contribution >= 0.6 is 0 Å². The maximum atomic E-state index is 11.8. The Morgan fingerprint density at radius 3 is 1.93 bits per heavy atom. The lowest BCUT2D eigenvalue weighted by Crippen LogP contribution is -2.25. The Kier molecular flexibility index (Phi) is 6.99. The van der Waals surface area contributed by atoms with Gasteiger partial charge in [0.2, 0.25) is 0 Å². The number of esters is 1. The first-order valence-electron chi connectivity index (χ1n) is 8.99. The summed E-state index contributed by atoms with van der Waals surface area (Å²) < 4.78 is 10.1. The van der Waals surface area contributed by atoms with Crippen LogP contribution in [0, 0.1) is 12.3 Å². The van der Waals surface area contributed by atoms with Crippen molar-refractivity contribution in [2.75, 3.05) is 18.5 Å². The predicted octanol–water partition coefficient (Wildman–Crippen LogP) is 4.72. The van der Waals surface area contributed by atoms with Gasteiger partial charge in [0.05, 0.1) is 5.41 Å². The van der Waals surface area contributed by atoms with Crippen molar-refractivity contribution in [3.05, 3.63) is 65.2 Å². The molecule has 2 aromatic carbocycles. The highest BCUT2D eigenvalue weighted by Crippen LogP contribution is 2.16. The minimum atomic E-state index is -0.576. The van der Waals surface area contributed by atoms with Crippen molar-refractivity contribution in [2.24, 2.45) is 5.41 Å². The first kappa shape index (κ1) is 20.5. The zero-order valence-corrected chi connectivity index (χ0v) is 16.4. The number of anilines is 1. The maximum Gasteiger partial charge on any atom is 0.411 e. The molecule has 5 nitrogen and oxygen atoms in total. The first-order chi connectivity index (χ1) is 12.7. The molecule has 0 spiro atoms. The van der Waals surface area contributed by atoms with Crippen LogP contribution in [0.5, 0.6) is 0 Å². The van der Waals surface area contributed by atoms with Crippen molar-refractivity contribution in [1.29, 1.82) is 0 Å². The zero-order chi connectivity index (χ0) is 19.9. The highest BCUT2D eigenvalue weighted by atomic mass is 16.6. The van der Waals surface area contributed by atoms with Crippen LogP contribution in [0.25, 0.3) is 0 Å². The van der Waals surface area contributed by atoms with Crippen molar-refractivity contribution in [3.8, 4) is 0 Å². The van der Waals surface area contributed by atoms with Crippen molar-refractivity contribution in [2.45, 2.75) is 34.1 Å². The van der Waals surface area contributed by atoms with E-state index < -0.39 is 11.5 Å². The molecule has 0 atom stereocenters.